The molecule has 0 fully saturated rings. The zero-order valence-corrected chi connectivity index (χ0v) is 11.5. The minimum Gasteiger partial charge on any atom is -0.486 e. The van der Waals surface area contributed by atoms with E-state index in [0.29, 0.717) is 0 Å². The Hall–Kier alpha value is -2.03. The van der Waals surface area contributed by atoms with Crippen molar-refractivity contribution in [2.24, 2.45) is 7.05 Å². The van der Waals surface area contributed by atoms with Gasteiger partial charge in [-0.25, -0.2) is 9.47 Å². The number of anilines is 2. The highest BCUT2D eigenvalue weighted by atomic mass is 16.5. The van der Waals surface area contributed by atoms with Crippen molar-refractivity contribution in [3.05, 3.63) is 48.2 Å². The van der Waals surface area contributed by atoms with Gasteiger partial charge in [-0.15, -0.1) is 0 Å². The topological polar surface area (TPSA) is 16.4 Å². The van der Waals surface area contributed by atoms with Crippen LogP contribution in [-0.2, 0) is 7.05 Å². The van der Waals surface area contributed by atoms with Crippen molar-refractivity contribution in [2.75, 3.05) is 18.1 Å². The van der Waals surface area contributed by atoms with E-state index in [1.165, 1.54) is 11.3 Å². The highest BCUT2D eigenvalue weighted by Gasteiger charge is 2.28. The fourth-order valence-electron chi connectivity index (χ4n) is 2.63. The van der Waals surface area contributed by atoms with Crippen molar-refractivity contribution in [1.82, 2.24) is 0 Å². The van der Waals surface area contributed by atoms with Crippen LogP contribution in [0.3, 0.4) is 0 Å². The third kappa shape index (κ3) is 2.16. The van der Waals surface area contributed by atoms with Gasteiger partial charge in [0.05, 0.1) is 26.4 Å². The molecule has 1 aromatic heterocycles. The van der Waals surface area contributed by atoms with E-state index in [4.69, 9.17) is 4.74 Å². The number of rotatable bonds is 1. The summed E-state index contributed by atoms with van der Waals surface area (Å²) < 4.78 is 7.99. The van der Waals surface area contributed by atoms with Crippen LogP contribution in [0.5, 0.6) is 5.75 Å². The maximum Gasteiger partial charge on any atom is 0.324 e. The van der Waals surface area contributed by atoms with E-state index in [1.54, 1.807) is 0 Å². The van der Waals surface area contributed by atoms with Gasteiger partial charge >= 0.3 is 5.82 Å². The first-order valence-electron chi connectivity index (χ1n) is 6.72. The minimum atomic E-state index is 0.777. The van der Waals surface area contributed by atoms with E-state index in [0.717, 1.165) is 31.1 Å². The summed E-state index contributed by atoms with van der Waals surface area (Å²) in [6, 6.07) is 12.6. The number of benzene rings is 1. The standard InChI is InChI=1S/C16H19N2O/c1-13-7-3-4-8-14(13)18-11-6-12-19-15-9-5-10-17(2)16(15)18/h3-5,7-10H,6,11-12H2,1-2H3/q+1. The Kier molecular flexibility index (Phi) is 3.11. The third-order valence-corrected chi connectivity index (χ3v) is 3.56. The summed E-state index contributed by atoms with van der Waals surface area (Å²) in [4.78, 5) is 2.36. The highest BCUT2D eigenvalue weighted by Crippen LogP contribution is 2.34. The van der Waals surface area contributed by atoms with Gasteiger partial charge < -0.3 is 4.74 Å². The zero-order chi connectivity index (χ0) is 13.2. The van der Waals surface area contributed by atoms with Crippen LogP contribution in [0.1, 0.15) is 12.0 Å². The summed E-state index contributed by atoms with van der Waals surface area (Å²) in [6.45, 7) is 3.92. The van der Waals surface area contributed by atoms with Crippen molar-refractivity contribution in [2.45, 2.75) is 13.3 Å². The van der Waals surface area contributed by atoms with E-state index in [9.17, 15) is 0 Å². The van der Waals surface area contributed by atoms with E-state index in [1.807, 2.05) is 12.1 Å². The molecule has 3 heteroatoms. The van der Waals surface area contributed by atoms with Gasteiger partial charge in [0.1, 0.15) is 5.69 Å². The molecule has 3 nitrogen and oxygen atoms in total. The quantitative estimate of drug-likeness (QED) is 0.729. The molecule has 0 amide bonds. The monoisotopic (exact) mass is 255 g/mol. The van der Waals surface area contributed by atoms with Crippen LogP contribution in [0.15, 0.2) is 42.6 Å². The number of para-hydroxylation sites is 1. The molecule has 2 heterocycles. The van der Waals surface area contributed by atoms with E-state index < -0.39 is 0 Å². The number of ether oxygens (including phenoxy) is 1. The van der Waals surface area contributed by atoms with Crippen LogP contribution in [0.4, 0.5) is 11.5 Å². The fourth-order valence-corrected chi connectivity index (χ4v) is 2.63. The average molecular weight is 255 g/mol. The normalized spacial score (nSPS) is 14.5. The number of hydrogen-bond donors (Lipinski definition) is 0. The molecule has 0 radical (unpaired) electrons. The van der Waals surface area contributed by atoms with Crippen LogP contribution in [0.2, 0.25) is 0 Å². The summed E-state index contributed by atoms with van der Waals surface area (Å²) in [6.07, 6.45) is 3.10. The largest absolute Gasteiger partial charge is 0.486 e. The number of nitrogens with zero attached hydrogens (tertiary/aromatic N) is 2. The van der Waals surface area contributed by atoms with Gasteiger partial charge in [0.25, 0.3) is 0 Å². The summed E-state index contributed by atoms with van der Waals surface area (Å²) >= 11 is 0. The van der Waals surface area contributed by atoms with Gasteiger partial charge in [-0.3, -0.25) is 0 Å². The average Bonchev–Trinajstić information content (AvgIpc) is 2.63. The number of pyridine rings is 1. The lowest BCUT2D eigenvalue weighted by atomic mass is 10.1. The number of hydrogen-bond acceptors (Lipinski definition) is 2. The van der Waals surface area contributed by atoms with Crippen molar-refractivity contribution >= 4 is 11.5 Å². The second-order valence-electron chi connectivity index (χ2n) is 4.95. The third-order valence-electron chi connectivity index (χ3n) is 3.56. The summed E-state index contributed by atoms with van der Waals surface area (Å²) in [7, 11) is 2.07. The van der Waals surface area contributed by atoms with Crippen molar-refractivity contribution < 1.29 is 9.30 Å². The molecule has 3 rings (SSSR count). The minimum absolute atomic E-state index is 0.777. The molecular weight excluding hydrogens is 236 g/mol. The maximum atomic E-state index is 5.86. The van der Waals surface area contributed by atoms with Crippen LogP contribution in [-0.4, -0.2) is 13.2 Å². The first kappa shape index (κ1) is 12.0. The Morgan fingerprint density at radius 2 is 2.00 bits per heavy atom. The lowest BCUT2D eigenvalue weighted by molar-refractivity contribution is -0.658. The molecule has 0 spiro atoms. The Balaban J connectivity index is 2.16. The molecule has 0 N–H and O–H groups in total. The summed E-state index contributed by atoms with van der Waals surface area (Å²) in [5.74, 6) is 2.10. The SMILES string of the molecule is Cc1ccccc1N1CCCOc2ccc[n+](C)c21. The molecule has 1 aliphatic rings. The smallest absolute Gasteiger partial charge is 0.324 e. The van der Waals surface area contributed by atoms with Gasteiger partial charge in [-0.1, -0.05) is 18.2 Å². The van der Waals surface area contributed by atoms with Crippen LogP contribution in [0.25, 0.3) is 0 Å². The van der Waals surface area contributed by atoms with Crippen LogP contribution < -0.4 is 14.2 Å². The van der Waals surface area contributed by atoms with E-state index in [2.05, 4.69) is 53.9 Å². The Morgan fingerprint density at radius 1 is 1.16 bits per heavy atom. The molecule has 1 aliphatic heterocycles. The molecule has 19 heavy (non-hydrogen) atoms. The van der Waals surface area contributed by atoms with Gasteiger partial charge in [0.15, 0.2) is 0 Å². The first-order chi connectivity index (χ1) is 9.27. The molecule has 0 atom stereocenters. The number of fused-ring (bicyclic) bond motifs is 1. The maximum absolute atomic E-state index is 5.86. The van der Waals surface area contributed by atoms with Crippen LogP contribution >= 0.6 is 0 Å². The molecule has 0 aliphatic carbocycles. The Labute approximate surface area is 114 Å². The lowest BCUT2D eigenvalue weighted by Crippen LogP contribution is -2.37. The Bertz CT molecular complexity index is 595. The molecule has 1 aromatic carbocycles. The molecule has 2 aromatic rings. The van der Waals surface area contributed by atoms with Crippen molar-refractivity contribution in [1.29, 1.82) is 0 Å². The summed E-state index contributed by atoms with van der Waals surface area (Å²) in [5.41, 5.74) is 2.55. The molecule has 0 saturated carbocycles. The predicted octanol–water partition coefficient (Wildman–Crippen LogP) is 2.74. The van der Waals surface area contributed by atoms with Crippen molar-refractivity contribution in [3.8, 4) is 5.75 Å². The predicted molar refractivity (Wildman–Crippen MR) is 75.9 cm³/mol. The highest BCUT2D eigenvalue weighted by molar-refractivity contribution is 5.66. The first-order valence-corrected chi connectivity index (χ1v) is 6.72. The number of aromatic nitrogens is 1. The zero-order valence-electron chi connectivity index (χ0n) is 11.5. The molecule has 0 saturated heterocycles. The van der Waals surface area contributed by atoms with E-state index in [-0.39, 0.29) is 0 Å². The second kappa shape index (κ2) is 4.92. The molecule has 0 unspecified atom stereocenters. The van der Waals surface area contributed by atoms with Crippen molar-refractivity contribution in [3.63, 3.8) is 0 Å². The molecule has 98 valence electrons. The summed E-state index contributed by atoms with van der Waals surface area (Å²) in [5, 5.41) is 0. The molecule has 0 bridgehead atoms. The Morgan fingerprint density at radius 3 is 2.84 bits per heavy atom. The lowest BCUT2D eigenvalue weighted by Gasteiger charge is -2.18. The molecular formula is C16H19N2O+. The van der Waals surface area contributed by atoms with E-state index >= 15 is 0 Å². The fraction of sp³-hybridized carbons (Fsp3) is 0.312. The van der Waals surface area contributed by atoms with Crippen LogP contribution in [0, 0.1) is 6.92 Å². The van der Waals surface area contributed by atoms with Gasteiger partial charge in [-0.05, 0) is 30.7 Å². The second-order valence-corrected chi connectivity index (χ2v) is 4.95. The van der Waals surface area contributed by atoms with Gasteiger partial charge in [0.2, 0.25) is 5.75 Å². The van der Waals surface area contributed by atoms with Gasteiger partial charge in [-0.2, -0.15) is 0 Å². The number of aryl methyl sites for hydroxylation is 2. The van der Waals surface area contributed by atoms with Gasteiger partial charge in [0, 0.05) is 6.42 Å².